The largest absolute Gasteiger partial charge is 0.355 e. The van der Waals surface area contributed by atoms with Gasteiger partial charge in [-0.25, -0.2) is 9.97 Å². The van der Waals surface area contributed by atoms with Crippen LogP contribution in [0, 0.1) is 0 Å². The Morgan fingerprint density at radius 2 is 1.57 bits per heavy atom. The quantitative estimate of drug-likeness (QED) is 0.315. The average Bonchev–Trinajstić information content (AvgIpc) is 2.92. The van der Waals surface area contributed by atoms with Crippen LogP contribution in [-0.2, 0) is 17.1 Å². The van der Waals surface area contributed by atoms with Crippen LogP contribution in [0.5, 0.6) is 0 Å². The van der Waals surface area contributed by atoms with Gasteiger partial charge in [-0.15, -0.1) is 0 Å². The number of carbonyl (C=O) groups is 2. The van der Waals surface area contributed by atoms with Gasteiger partial charge in [0.25, 0.3) is 5.91 Å². The number of benzene rings is 2. The number of aromatic nitrogens is 2. The van der Waals surface area contributed by atoms with Gasteiger partial charge in [-0.2, -0.15) is 0 Å². The molecule has 7 nitrogen and oxygen atoms in total. The maximum absolute atomic E-state index is 12.9. The lowest BCUT2D eigenvalue weighted by atomic mass is 10.1. The van der Waals surface area contributed by atoms with Crippen molar-refractivity contribution in [3.05, 3.63) is 83.0 Å². The first-order chi connectivity index (χ1) is 17.8. The first-order valence-corrected chi connectivity index (χ1v) is 13.7. The van der Waals surface area contributed by atoms with Crippen LogP contribution in [-0.4, -0.2) is 64.8 Å². The molecule has 3 aromatic rings. The van der Waals surface area contributed by atoms with E-state index in [4.69, 9.17) is 9.97 Å². The fraction of sp³-hybridized carbons (Fsp3) is 0.379. The van der Waals surface area contributed by atoms with Gasteiger partial charge < -0.3 is 14.7 Å². The summed E-state index contributed by atoms with van der Waals surface area (Å²) in [5, 5.41) is 0.754. The molecular weight excluding hydrogens is 482 g/mol. The van der Waals surface area contributed by atoms with Crippen molar-refractivity contribution < 1.29 is 9.59 Å². The molecule has 1 saturated heterocycles. The Morgan fingerprint density at radius 1 is 0.919 bits per heavy atom. The van der Waals surface area contributed by atoms with Crippen LogP contribution in [0.3, 0.4) is 0 Å². The standard InChI is InChI=1S/C29H35N5O2S/c1-21(2)26-18-27(32(4)19-23-8-6-5-7-9-23)31-29(30-26)37-20-24-10-12-25(13-11-24)28(36)34-16-14-33(15-17-34)22(3)35/h5-13,18,21H,14-17,19-20H2,1-4H3. The summed E-state index contributed by atoms with van der Waals surface area (Å²) >= 11 is 1.61. The van der Waals surface area contributed by atoms with Crippen molar-refractivity contribution in [3.8, 4) is 0 Å². The highest BCUT2D eigenvalue weighted by Gasteiger charge is 2.23. The topological polar surface area (TPSA) is 69.6 Å². The lowest BCUT2D eigenvalue weighted by Crippen LogP contribution is -2.50. The zero-order valence-electron chi connectivity index (χ0n) is 22.1. The van der Waals surface area contributed by atoms with Gasteiger partial charge in [0.15, 0.2) is 5.16 Å². The summed E-state index contributed by atoms with van der Waals surface area (Å²) < 4.78 is 0. The molecule has 0 N–H and O–H groups in total. The molecule has 1 aliphatic rings. The van der Waals surface area contributed by atoms with E-state index in [1.54, 1.807) is 23.6 Å². The fourth-order valence-electron chi connectivity index (χ4n) is 4.22. The molecule has 0 atom stereocenters. The van der Waals surface area contributed by atoms with Gasteiger partial charge in [0.2, 0.25) is 5.91 Å². The number of piperazine rings is 1. The van der Waals surface area contributed by atoms with Crippen molar-refractivity contribution >= 4 is 29.4 Å². The second-order valence-corrected chi connectivity index (χ2v) is 10.7. The van der Waals surface area contributed by atoms with Crippen LogP contribution in [0.1, 0.15) is 53.9 Å². The summed E-state index contributed by atoms with van der Waals surface area (Å²) in [5.74, 6) is 2.01. The molecule has 1 aliphatic heterocycles. The highest BCUT2D eigenvalue weighted by molar-refractivity contribution is 7.98. The van der Waals surface area contributed by atoms with Gasteiger partial charge >= 0.3 is 0 Å². The van der Waals surface area contributed by atoms with Gasteiger partial charge in [0.1, 0.15) is 5.82 Å². The number of nitrogens with zero attached hydrogens (tertiary/aromatic N) is 5. The summed E-state index contributed by atoms with van der Waals surface area (Å²) in [4.78, 5) is 39.8. The molecule has 194 valence electrons. The number of hydrogen-bond acceptors (Lipinski definition) is 6. The number of amides is 2. The van der Waals surface area contributed by atoms with Crippen molar-refractivity contribution in [3.63, 3.8) is 0 Å². The maximum atomic E-state index is 12.9. The molecule has 0 saturated carbocycles. The van der Waals surface area contributed by atoms with E-state index < -0.39 is 0 Å². The average molecular weight is 518 g/mol. The van der Waals surface area contributed by atoms with Crippen LogP contribution in [0.25, 0.3) is 0 Å². The Morgan fingerprint density at radius 3 is 2.19 bits per heavy atom. The van der Waals surface area contributed by atoms with Gasteiger partial charge in [-0.1, -0.05) is 68.1 Å². The van der Waals surface area contributed by atoms with Gasteiger partial charge in [-0.05, 0) is 29.2 Å². The Balaban J connectivity index is 1.39. The molecule has 8 heteroatoms. The van der Waals surface area contributed by atoms with Gasteiger partial charge in [0.05, 0.1) is 0 Å². The SMILES string of the molecule is CC(=O)N1CCN(C(=O)c2ccc(CSc3nc(C(C)C)cc(N(C)Cc4ccccc4)n3)cc2)CC1. The molecule has 4 rings (SSSR count). The molecule has 37 heavy (non-hydrogen) atoms. The minimum atomic E-state index is 0.0152. The van der Waals surface area contributed by atoms with Crippen LogP contribution >= 0.6 is 11.8 Å². The minimum absolute atomic E-state index is 0.0152. The molecule has 0 spiro atoms. The second-order valence-electron chi connectivity index (χ2n) is 9.71. The van der Waals surface area contributed by atoms with Crippen molar-refractivity contribution in [2.45, 2.75) is 44.1 Å². The zero-order valence-corrected chi connectivity index (χ0v) is 22.9. The highest BCUT2D eigenvalue weighted by atomic mass is 32.2. The number of thioether (sulfide) groups is 1. The van der Waals surface area contributed by atoms with Crippen molar-refractivity contribution in [1.29, 1.82) is 0 Å². The van der Waals surface area contributed by atoms with E-state index in [1.165, 1.54) is 5.56 Å². The summed E-state index contributed by atoms with van der Waals surface area (Å²) in [7, 11) is 2.06. The third-order valence-corrected chi connectivity index (χ3v) is 7.46. The van der Waals surface area contributed by atoms with Crippen molar-refractivity contribution in [1.82, 2.24) is 19.8 Å². The first-order valence-electron chi connectivity index (χ1n) is 12.7. The lowest BCUT2D eigenvalue weighted by molar-refractivity contribution is -0.130. The van der Waals surface area contributed by atoms with Crippen molar-refractivity contribution in [2.24, 2.45) is 0 Å². The van der Waals surface area contributed by atoms with Crippen LogP contribution in [0.15, 0.2) is 65.8 Å². The number of rotatable bonds is 8. The van der Waals surface area contributed by atoms with Crippen LogP contribution < -0.4 is 4.90 Å². The van der Waals surface area contributed by atoms with E-state index in [-0.39, 0.29) is 11.8 Å². The monoisotopic (exact) mass is 517 g/mol. The molecule has 2 amide bonds. The lowest BCUT2D eigenvalue weighted by Gasteiger charge is -2.34. The van der Waals surface area contributed by atoms with E-state index in [1.807, 2.05) is 35.2 Å². The van der Waals surface area contributed by atoms with Crippen molar-refractivity contribution in [2.75, 3.05) is 38.1 Å². The predicted octanol–water partition coefficient (Wildman–Crippen LogP) is 4.83. The predicted molar refractivity (Wildman–Crippen MR) is 149 cm³/mol. The summed E-state index contributed by atoms with van der Waals surface area (Å²) in [6.07, 6.45) is 0. The smallest absolute Gasteiger partial charge is 0.253 e. The summed E-state index contributed by atoms with van der Waals surface area (Å²) in [6, 6.07) is 20.2. The van der Waals surface area contributed by atoms with E-state index in [0.29, 0.717) is 37.7 Å². The highest BCUT2D eigenvalue weighted by Crippen LogP contribution is 2.26. The number of carbonyl (C=O) groups excluding carboxylic acids is 2. The van der Waals surface area contributed by atoms with Crippen LogP contribution in [0.2, 0.25) is 0 Å². The summed E-state index contributed by atoms with van der Waals surface area (Å²) in [6.45, 7) is 8.96. The molecule has 0 bridgehead atoms. The Labute approximate surface area is 223 Å². The normalized spacial score (nSPS) is 13.6. The molecule has 0 unspecified atom stereocenters. The van der Waals surface area contributed by atoms with Crippen LogP contribution in [0.4, 0.5) is 5.82 Å². The van der Waals surface area contributed by atoms with E-state index in [2.05, 4.69) is 56.1 Å². The Kier molecular flexibility index (Phi) is 8.82. The molecule has 0 radical (unpaired) electrons. The fourth-order valence-corrected chi connectivity index (χ4v) is 5.04. The van der Waals surface area contributed by atoms with E-state index in [9.17, 15) is 9.59 Å². The third-order valence-electron chi connectivity index (χ3n) is 6.54. The molecule has 2 heterocycles. The number of anilines is 1. The molecule has 1 fully saturated rings. The zero-order chi connectivity index (χ0) is 26.4. The molecule has 2 aromatic carbocycles. The summed E-state index contributed by atoms with van der Waals surface area (Å²) in [5.41, 5.74) is 4.05. The second kappa shape index (κ2) is 12.2. The van der Waals surface area contributed by atoms with E-state index >= 15 is 0 Å². The molecular formula is C29H35N5O2S. The molecule has 1 aromatic heterocycles. The van der Waals surface area contributed by atoms with Gasteiger partial charge in [0, 0.05) is 69.8 Å². The minimum Gasteiger partial charge on any atom is -0.355 e. The third kappa shape index (κ3) is 7.10. The van der Waals surface area contributed by atoms with E-state index in [0.717, 1.165) is 34.5 Å². The maximum Gasteiger partial charge on any atom is 0.253 e. The Bertz CT molecular complexity index is 1210. The Hall–Kier alpha value is -3.39. The number of hydrogen-bond donors (Lipinski definition) is 0. The first kappa shape index (κ1) is 26.7. The molecule has 0 aliphatic carbocycles. The van der Waals surface area contributed by atoms with Gasteiger partial charge in [-0.3, -0.25) is 9.59 Å².